The number of carboxylic acid groups (broad SMARTS) is 1. The van der Waals surface area contributed by atoms with Crippen LogP contribution in [0.2, 0.25) is 0 Å². The molecule has 0 atom stereocenters. The lowest BCUT2D eigenvalue weighted by Gasteiger charge is -2.06. The average molecular weight is 277 g/mol. The summed E-state index contributed by atoms with van der Waals surface area (Å²) in [5.41, 5.74) is 1.12. The Bertz CT molecular complexity index is 702. The Morgan fingerprint density at radius 1 is 1.47 bits per heavy atom. The van der Waals surface area contributed by atoms with Crippen LogP contribution in [-0.2, 0) is 24.2 Å². The number of thiophene rings is 1. The summed E-state index contributed by atoms with van der Waals surface area (Å²) in [5, 5.41) is 11.1. The molecule has 0 N–H and O–H groups in total. The van der Waals surface area contributed by atoms with E-state index < -0.39 is 5.97 Å². The molecule has 2 aromatic heterocycles. The summed E-state index contributed by atoms with van der Waals surface area (Å²) in [7, 11) is 0. The first-order chi connectivity index (χ1) is 9.16. The van der Waals surface area contributed by atoms with E-state index in [0.717, 1.165) is 35.0 Å². The molecule has 5 nitrogen and oxygen atoms in total. The van der Waals surface area contributed by atoms with Crippen molar-refractivity contribution in [1.29, 1.82) is 0 Å². The molecule has 1 aliphatic rings. The number of carbonyl (C=O) groups is 1. The maximum atomic E-state index is 12.4. The summed E-state index contributed by atoms with van der Waals surface area (Å²) in [6.45, 7) is 0.375. The molecule has 100 valence electrons. The van der Waals surface area contributed by atoms with E-state index in [-0.39, 0.29) is 12.0 Å². The molecule has 0 saturated carbocycles. The number of aromatic nitrogens is 2. The van der Waals surface area contributed by atoms with Gasteiger partial charge in [-0.15, -0.1) is 11.3 Å². The zero-order valence-corrected chi connectivity index (χ0v) is 11.2. The van der Waals surface area contributed by atoms with Crippen LogP contribution in [0.25, 0.3) is 10.2 Å². The highest BCUT2D eigenvalue weighted by Crippen LogP contribution is 2.34. The molecule has 1 aliphatic carbocycles. The lowest BCUT2D eigenvalue weighted by Crippen LogP contribution is -2.24. The van der Waals surface area contributed by atoms with Crippen molar-refractivity contribution in [3.05, 3.63) is 27.1 Å². The second-order valence-corrected chi connectivity index (χ2v) is 5.84. The van der Waals surface area contributed by atoms with E-state index >= 15 is 0 Å². The fourth-order valence-corrected chi connectivity index (χ4v) is 3.79. The minimum Gasteiger partial charge on any atom is -0.550 e. The highest BCUT2D eigenvalue weighted by molar-refractivity contribution is 7.18. The first kappa shape index (κ1) is 12.3. The second-order valence-electron chi connectivity index (χ2n) is 4.76. The molecule has 0 fully saturated rings. The van der Waals surface area contributed by atoms with E-state index in [0.29, 0.717) is 13.0 Å². The van der Waals surface area contributed by atoms with Crippen molar-refractivity contribution in [2.24, 2.45) is 0 Å². The molecule has 0 unspecified atom stereocenters. The fraction of sp³-hybridized carbons (Fsp3) is 0.462. The van der Waals surface area contributed by atoms with Gasteiger partial charge in [-0.2, -0.15) is 0 Å². The predicted molar refractivity (Wildman–Crippen MR) is 70.1 cm³/mol. The molecule has 0 spiro atoms. The predicted octanol–water partition coefficient (Wildman–Crippen LogP) is 0.477. The van der Waals surface area contributed by atoms with Gasteiger partial charge in [-0.1, -0.05) is 0 Å². The number of aliphatic carboxylic acids is 1. The summed E-state index contributed by atoms with van der Waals surface area (Å²) in [5.74, 6) is -1.08. The Kier molecular flexibility index (Phi) is 3.10. The van der Waals surface area contributed by atoms with Gasteiger partial charge in [0.15, 0.2) is 0 Å². The van der Waals surface area contributed by atoms with Crippen LogP contribution in [0.4, 0.5) is 0 Å². The van der Waals surface area contributed by atoms with Gasteiger partial charge in [0.05, 0.1) is 11.7 Å². The van der Waals surface area contributed by atoms with Crippen LogP contribution >= 0.6 is 11.3 Å². The van der Waals surface area contributed by atoms with Gasteiger partial charge >= 0.3 is 0 Å². The SMILES string of the molecule is O=C([O-])CCCn1cnc2sc3c(c2c1=O)CCC3. The third-order valence-corrected chi connectivity index (χ3v) is 4.67. The Hall–Kier alpha value is -1.69. The third kappa shape index (κ3) is 2.16. The lowest BCUT2D eigenvalue weighted by molar-refractivity contribution is -0.305. The Labute approximate surface area is 113 Å². The molecule has 0 saturated heterocycles. The maximum absolute atomic E-state index is 12.4. The van der Waals surface area contributed by atoms with E-state index in [1.54, 1.807) is 11.3 Å². The van der Waals surface area contributed by atoms with Crippen molar-refractivity contribution >= 4 is 27.5 Å². The Balaban J connectivity index is 1.96. The molecule has 0 aliphatic heterocycles. The Morgan fingerprint density at radius 3 is 3.11 bits per heavy atom. The van der Waals surface area contributed by atoms with Crippen LogP contribution < -0.4 is 10.7 Å². The minimum atomic E-state index is -1.08. The molecule has 3 rings (SSSR count). The van der Waals surface area contributed by atoms with E-state index in [9.17, 15) is 14.7 Å². The van der Waals surface area contributed by atoms with Crippen molar-refractivity contribution in [2.45, 2.75) is 38.6 Å². The van der Waals surface area contributed by atoms with E-state index in [1.165, 1.54) is 15.8 Å². The summed E-state index contributed by atoms with van der Waals surface area (Å²) in [4.78, 5) is 29.2. The number of fused-ring (bicyclic) bond motifs is 3. The van der Waals surface area contributed by atoms with Gasteiger partial charge in [0, 0.05) is 17.4 Å². The lowest BCUT2D eigenvalue weighted by atomic mass is 10.2. The minimum absolute atomic E-state index is 0.0355. The molecular formula is C13H13N2O3S-. The summed E-state index contributed by atoms with van der Waals surface area (Å²) in [6.07, 6.45) is 4.98. The third-order valence-electron chi connectivity index (χ3n) is 3.47. The number of hydrogen-bond donors (Lipinski definition) is 0. The van der Waals surface area contributed by atoms with Crippen LogP contribution in [-0.4, -0.2) is 15.5 Å². The molecule has 0 amide bonds. The molecule has 0 aromatic carbocycles. The molecule has 0 bridgehead atoms. The number of carbonyl (C=O) groups excluding carboxylic acids is 1. The Morgan fingerprint density at radius 2 is 2.32 bits per heavy atom. The van der Waals surface area contributed by atoms with E-state index in [2.05, 4.69) is 4.98 Å². The van der Waals surface area contributed by atoms with Gasteiger partial charge in [0.2, 0.25) is 0 Å². The van der Waals surface area contributed by atoms with Crippen LogP contribution in [0.3, 0.4) is 0 Å². The van der Waals surface area contributed by atoms with Crippen molar-refractivity contribution in [2.75, 3.05) is 0 Å². The summed E-state index contributed by atoms with van der Waals surface area (Å²) >= 11 is 1.61. The van der Waals surface area contributed by atoms with Gasteiger partial charge in [0.1, 0.15) is 4.83 Å². The van der Waals surface area contributed by atoms with Crippen molar-refractivity contribution < 1.29 is 9.90 Å². The highest BCUT2D eigenvalue weighted by Gasteiger charge is 2.21. The zero-order chi connectivity index (χ0) is 13.4. The monoisotopic (exact) mass is 277 g/mol. The van der Waals surface area contributed by atoms with Crippen molar-refractivity contribution in [3.8, 4) is 0 Å². The fourth-order valence-electron chi connectivity index (χ4n) is 2.57. The van der Waals surface area contributed by atoms with Crippen molar-refractivity contribution in [3.63, 3.8) is 0 Å². The first-order valence-corrected chi connectivity index (χ1v) is 7.18. The van der Waals surface area contributed by atoms with Crippen LogP contribution in [0.5, 0.6) is 0 Å². The van der Waals surface area contributed by atoms with Crippen molar-refractivity contribution in [1.82, 2.24) is 9.55 Å². The van der Waals surface area contributed by atoms with Crippen LogP contribution in [0.15, 0.2) is 11.1 Å². The van der Waals surface area contributed by atoms with Crippen LogP contribution in [0, 0.1) is 0 Å². The van der Waals surface area contributed by atoms with Gasteiger partial charge in [-0.3, -0.25) is 9.36 Å². The van der Waals surface area contributed by atoms with E-state index in [4.69, 9.17) is 0 Å². The number of nitrogens with zero attached hydrogens (tertiary/aromatic N) is 2. The smallest absolute Gasteiger partial charge is 0.262 e. The molecule has 6 heteroatoms. The molecular weight excluding hydrogens is 264 g/mol. The topological polar surface area (TPSA) is 75.0 Å². The standard InChI is InChI=1S/C13H14N2O3S/c16-10(17)5-2-6-15-7-14-12-11(13(15)18)8-3-1-4-9(8)19-12/h7H,1-6H2,(H,16,17)/p-1. The number of hydrogen-bond acceptors (Lipinski definition) is 5. The molecule has 2 heterocycles. The molecule has 19 heavy (non-hydrogen) atoms. The highest BCUT2D eigenvalue weighted by atomic mass is 32.1. The van der Waals surface area contributed by atoms with E-state index in [1.807, 2.05) is 0 Å². The largest absolute Gasteiger partial charge is 0.550 e. The zero-order valence-electron chi connectivity index (χ0n) is 10.3. The number of carboxylic acids is 1. The summed E-state index contributed by atoms with van der Waals surface area (Å²) < 4.78 is 1.51. The summed E-state index contributed by atoms with van der Waals surface area (Å²) in [6, 6.07) is 0. The normalized spacial score (nSPS) is 13.9. The maximum Gasteiger partial charge on any atom is 0.262 e. The number of aryl methyl sites for hydroxylation is 3. The first-order valence-electron chi connectivity index (χ1n) is 6.36. The quantitative estimate of drug-likeness (QED) is 0.814. The van der Waals surface area contributed by atoms with Gasteiger partial charge in [0.25, 0.3) is 5.56 Å². The molecule has 0 radical (unpaired) electrons. The van der Waals surface area contributed by atoms with Gasteiger partial charge in [-0.05, 0) is 37.7 Å². The van der Waals surface area contributed by atoms with Gasteiger partial charge < -0.3 is 9.90 Å². The number of rotatable bonds is 4. The average Bonchev–Trinajstić information content (AvgIpc) is 2.91. The van der Waals surface area contributed by atoms with Crippen LogP contribution in [0.1, 0.15) is 29.7 Å². The molecule has 2 aromatic rings. The second kappa shape index (κ2) is 4.77. The van der Waals surface area contributed by atoms with Gasteiger partial charge in [-0.25, -0.2) is 4.98 Å².